The first-order valence-corrected chi connectivity index (χ1v) is 11.3. The summed E-state index contributed by atoms with van der Waals surface area (Å²) in [5, 5.41) is 1.21. The molecule has 1 aliphatic rings. The minimum absolute atomic E-state index is 0.152. The number of hydrogen-bond donors (Lipinski definition) is 2. The largest absolute Gasteiger partial charge is 0.382 e. The second kappa shape index (κ2) is 8.53. The number of hydrogen-bond acceptors (Lipinski definition) is 8. The van der Waals surface area contributed by atoms with Crippen LogP contribution in [0.1, 0.15) is 33.6 Å². The fourth-order valence-corrected chi connectivity index (χ4v) is 5.12. The lowest BCUT2D eigenvalue weighted by Crippen LogP contribution is -2.39. The maximum atomic E-state index is 6.25. The third kappa shape index (κ3) is 4.17. The maximum absolute atomic E-state index is 6.25. The number of nitrogen functional groups attached to an aromatic ring is 1. The highest BCUT2D eigenvalue weighted by molar-refractivity contribution is 7.99. The van der Waals surface area contributed by atoms with Crippen molar-refractivity contribution in [1.82, 2.24) is 19.9 Å². The molecule has 1 fully saturated rings. The average Bonchev–Trinajstić information content (AvgIpc) is 2.97. The molecule has 0 bridgehead atoms. The van der Waals surface area contributed by atoms with Crippen LogP contribution in [-0.4, -0.2) is 38.1 Å². The van der Waals surface area contributed by atoms with Gasteiger partial charge in [-0.15, -0.1) is 0 Å². The van der Waals surface area contributed by atoms with Gasteiger partial charge in [0.25, 0.3) is 0 Å². The third-order valence-corrected chi connectivity index (χ3v) is 7.18. The van der Waals surface area contributed by atoms with Crippen molar-refractivity contribution in [1.29, 1.82) is 0 Å². The molecule has 30 heavy (non-hydrogen) atoms. The van der Waals surface area contributed by atoms with Gasteiger partial charge < -0.3 is 16.4 Å². The van der Waals surface area contributed by atoms with E-state index >= 15 is 0 Å². The Morgan fingerprint density at radius 2 is 2.03 bits per heavy atom. The zero-order valence-electron chi connectivity index (χ0n) is 17.3. The molecule has 9 heteroatoms. The van der Waals surface area contributed by atoms with Gasteiger partial charge in [0.2, 0.25) is 0 Å². The number of nitrogens with two attached hydrogens (primary N) is 2. The second-order valence-corrected chi connectivity index (χ2v) is 9.50. The van der Waals surface area contributed by atoms with E-state index in [2.05, 4.69) is 40.6 Å². The van der Waals surface area contributed by atoms with Crippen LogP contribution in [0.4, 0.5) is 11.6 Å². The number of halogens is 1. The number of pyridine rings is 2. The smallest absolute Gasteiger partial charge is 0.179 e. The molecule has 0 radical (unpaired) electrons. The van der Waals surface area contributed by atoms with E-state index in [0.717, 1.165) is 34.1 Å². The Balaban J connectivity index is 1.62. The molecule has 0 aliphatic carbocycles. The first-order valence-electron chi connectivity index (χ1n) is 10.1. The molecule has 1 saturated heterocycles. The number of aromatic nitrogens is 4. The molecular formula is C21H26ClN7S. The zero-order chi connectivity index (χ0) is 21.4. The summed E-state index contributed by atoms with van der Waals surface area (Å²) in [7, 11) is 0. The minimum atomic E-state index is 0.152. The number of rotatable bonds is 5. The van der Waals surface area contributed by atoms with E-state index < -0.39 is 0 Å². The Morgan fingerprint density at radius 1 is 1.23 bits per heavy atom. The Hall–Kier alpha value is -2.16. The highest BCUT2D eigenvalue weighted by Gasteiger charge is 2.37. The Kier molecular flexibility index (Phi) is 5.99. The Labute approximate surface area is 185 Å². The first kappa shape index (κ1) is 21.1. The summed E-state index contributed by atoms with van der Waals surface area (Å²) in [5.41, 5.74) is 13.3. The monoisotopic (exact) mass is 443 g/mol. The van der Waals surface area contributed by atoms with Gasteiger partial charge in [0.1, 0.15) is 22.2 Å². The van der Waals surface area contributed by atoms with Crippen molar-refractivity contribution in [2.24, 2.45) is 11.7 Å². The lowest BCUT2D eigenvalue weighted by molar-refractivity contribution is 0.518. The van der Waals surface area contributed by atoms with Gasteiger partial charge in [0.15, 0.2) is 5.65 Å². The molecule has 4 atom stereocenters. The van der Waals surface area contributed by atoms with Crippen molar-refractivity contribution >= 4 is 46.2 Å². The molecule has 4 heterocycles. The molecular weight excluding hydrogens is 418 g/mol. The van der Waals surface area contributed by atoms with Crippen molar-refractivity contribution in [3.63, 3.8) is 0 Å². The summed E-state index contributed by atoms with van der Waals surface area (Å²) in [6, 6.07) is 6.61. The van der Waals surface area contributed by atoms with Crippen molar-refractivity contribution < 1.29 is 0 Å². The summed E-state index contributed by atoms with van der Waals surface area (Å²) in [4.78, 5) is 21.3. The van der Waals surface area contributed by atoms with E-state index in [0.29, 0.717) is 34.5 Å². The zero-order valence-corrected chi connectivity index (χ0v) is 18.9. The number of fused-ring (bicyclic) bond motifs is 1. The summed E-state index contributed by atoms with van der Waals surface area (Å²) in [5.74, 6) is 1.78. The fourth-order valence-electron chi connectivity index (χ4n) is 4.07. The first-order chi connectivity index (χ1) is 14.3. The minimum Gasteiger partial charge on any atom is -0.382 e. The molecule has 0 aromatic carbocycles. The molecule has 4 rings (SSSR count). The van der Waals surface area contributed by atoms with Crippen molar-refractivity contribution in [2.45, 2.75) is 61.7 Å². The van der Waals surface area contributed by atoms with Crippen LogP contribution < -0.4 is 16.4 Å². The Morgan fingerprint density at radius 3 is 2.80 bits per heavy atom. The Bertz CT molecular complexity index is 1060. The van der Waals surface area contributed by atoms with Gasteiger partial charge in [-0.2, -0.15) is 0 Å². The third-order valence-electron chi connectivity index (χ3n) is 5.67. The van der Waals surface area contributed by atoms with Crippen molar-refractivity contribution in [3.05, 3.63) is 35.6 Å². The highest BCUT2D eigenvalue weighted by atomic mass is 35.5. The summed E-state index contributed by atoms with van der Waals surface area (Å²) in [6.07, 6.45) is 5.52. The van der Waals surface area contributed by atoms with Crippen LogP contribution in [0.25, 0.3) is 11.2 Å². The van der Waals surface area contributed by atoms with Gasteiger partial charge in [0, 0.05) is 29.2 Å². The van der Waals surface area contributed by atoms with Crippen LogP contribution in [0, 0.1) is 5.92 Å². The van der Waals surface area contributed by atoms with Gasteiger partial charge in [-0.3, -0.25) is 0 Å². The molecule has 3 aromatic heterocycles. The van der Waals surface area contributed by atoms with E-state index in [4.69, 9.17) is 28.1 Å². The summed E-state index contributed by atoms with van der Waals surface area (Å²) >= 11 is 7.68. The van der Waals surface area contributed by atoms with E-state index in [1.807, 2.05) is 24.4 Å². The number of nitrogens with zero attached hydrogens (tertiary/aromatic N) is 5. The molecule has 0 amide bonds. The lowest BCUT2D eigenvalue weighted by atomic mass is 10.0. The van der Waals surface area contributed by atoms with Crippen LogP contribution in [0.3, 0.4) is 0 Å². The quantitative estimate of drug-likeness (QED) is 0.605. The molecule has 1 aliphatic heterocycles. The van der Waals surface area contributed by atoms with E-state index in [9.17, 15) is 0 Å². The van der Waals surface area contributed by atoms with E-state index in [-0.39, 0.29) is 6.04 Å². The van der Waals surface area contributed by atoms with Crippen LogP contribution in [0.15, 0.2) is 40.5 Å². The maximum Gasteiger partial charge on any atom is 0.179 e. The van der Waals surface area contributed by atoms with Crippen LogP contribution in [-0.2, 0) is 0 Å². The molecule has 0 spiro atoms. The molecule has 2 unspecified atom stereocenters. The molecule has 0 saturated carbocycles. The fraction of sp³-hybridized carbons (Fsp3) is 0.429. The SMILES string of the molecule is CC(N)C[C@@H]1C[C@H](C)C(C)N1c1cnc2nc(Sc3ccnc(N)c3Cl)ccc2n1. The van der Waals surface area contributed by atoms with Crippen LogP contribution in [0.5, 0.6) is 0 Å². The lowest BCUT2D eigenvalue weighted by Gasteiger charge is -2.31. The van der Waals surface area contributed by atoms with Gasteiger partial charge in [-0.25, -0.2) is 19.9 Å². The van der Waals surface area contributed by atoms with Gasteiger partial charge in [-0.1, -0.05) is 30.3 Å². The molecule has 7 nitrogen and oxygen atoms in total. The van der Waals surface area contributed by atoms with Crippen LogP contribution >= 0.6 is 23.4 Å². The standard InChI is InChI=1S/C21H26ClN7S/c1-11-8-14(9-12(2)23)29(13(11)3)17-10-26-21-15(27-17)4-5-18(28-21)30-16-6-7-25-20(24)19(16)22/h4-7,10-14H,8-9,23H2,1-3H3,(H2,24,25)/t11-,12?,13?,14-/m0/s1. The number of anilines is 2. The van der Waals surface area contributed by atoms with Crippen LogP contribution in [0.2, 0.25) is 5.02 Å². The normalized spacial score (nSPS) is 22.6. The van der Waals surface area contributed by atoms with Gasteiger partial charge in [-0.05, 0) is 50.8 Å². The van der Waals surface area contributed by atoms with E-state index in [1.54, 1.807) is 6.20 Å². The molecule has 3 aromatic rings. The topological polar surface area (TPSA) is 107 Å². The van der Waals surface area contributed by atoms with Crippen molar-refractivity contribution in [2.75, 3.05) is 10.6 Å². The molecule has 4 N–H and O–H groups in total. The van der Waals surface area contributed by atoms with Gasteiger partial charge in [0.05, 0.1) is 11.2 Å². The predicted molar refractivity (Wildman–Crippen MR) is 123 cm³/mol. The van der Waals surface area contributed by atoms with Gasteiger partial charge >= 0.3 is 0 Å². The summed E-state index contributed by atoms with van der Waals surface area (Å²) < 4.78 is 0. The summed E-state index contributed by atoms with van der Waals surface area (Å²) in [6.45, 7) is 6.60. The average molecular weight is 444 g/mol. The molecule has 158 valence electrons. The predicted octanol–water partition coefficient (Wildman–Crippen LogP) is 4.15. The highest BCUT2D eigenvalue weighted by Crippen LogP contribution is 2.37. The van der Waals surface area contributed by atoms with E-state index in [1.165, 1.54) is 11.8 Å². The van der Waals surface area contributed by atoms with Crippen molar-refractivity contribution in [3.8, 4) is 0 Å². The second-order valence-electron chi connectivity index (χ2n) is 8.06.